The van der Waals surface area contributed by atoms with Crippen LogP contribution in [0.2, 0.25) is 0 Å². The zero-order valence-electron chi connectivity index (χ0n) is 12.7. The summed E-state index contributed by atoms with van der Waals surface area (Å²) in [7, 11) is 0. The quantitative estimate of drug-likeness (QED) is 0.350. The standard InChI is InChI=1S/C17H16ClN3O2/c1-4-23-17(22)13-6-5-7-14(11-13)21-15(8-9-20-21)12(2)10-16(18)19-3/h5-11H,2-4H2,1H3/b16-10-. The fraction of sp³-hybridized carbons (Fsp3) is 0.118. The lowest BCUT2D eigenvalue weighted by molar-refractivity contribution is 0.0526. The Labute approximate surface area is 139 Å². The van der Waals surface area contributed by atoms with E-state index < -0.39 is 0 Å². The zero-order chi connectivity index (χ0) is 16.8. The lowest BCUT2D eigenvalue weighted by Gasteiger charge is -2.09. The smallest absolute Gasteiger partial charge is 0.338 e. The monoisotopic (exact) mass is 329 g/mol. The van der Waals surface area contributed by atoms with Gasteiger partial charge >= 0.3 is 5.97 Å². The number of rotatable bonds is 6. The summed E-state index contributed by atoms with van der Waals surface area (Å²) in [4.78, 5) is 15.5. The molecule has 0 unspecified atom stereocenters. The van der Waals surface area contributed by atoms with Crippen molar-refractivity contribution in [3.8, 4) is 5.69 Å². The van der Waals surface area contributed by atoms with E-state index >= 15 is 0 Å². The normalized spacial score (nSPS) is 11.1. The molecule has 1 aromatic heterocycles. The Morgan fingerprint density at radius 1 is 1.48 bits per heavy atom. The third-order valence-electron chi connectivity index (χ3n) is 3.02. The first-order valence-corrected chi connectivity index (χ1v) is 7.29. The van der Waals surface area contributed by atoms with E-state index in [0.717, 1.165) is 5.69 Å². The molecule has 118 valence electrons. The van der Waals surface area contributed by atoms with Gasteiger partial charge in [-0.1, -0.05) is 24.2 Å². The summed E-state index contributed by atoms with van der Waals surface area (Å²) in [5.74, 6) is -0.374. The van der Waals surface area contributed by atoms with Crippen LogP contribution in [0.4, 0.5) is 0 Å². The van der Waals surface area contributed by atoms with Gasteiger partial charge in [0.25, 0.3) is 0 Å². The Hall–Kier alpha value is -2.66. The van der Waals surface area contributed by atoms with Crippen molar-refractivity contribution in [2.45, 2.75) is 6.92 Å². The molecule has 0 aliphatic heterocycles. The molecule has 5 nitrogen and oxygen atoms in total. The highest BCUT2D eigenvalue weighted by atomic mass is 35.5. The van der Waals surface area contributed by atoms with E-state index in [2.05, 4.69) is 23.4 Å². The second-order valence-corrected chi connectivity index (χ2v) is 4.94. The maximum atomic E-state index is 11.9. The van der Waals surface area contributed by atoms with Gasteiger partial charge in [0.2, 0.25) is 0 Å². The predicted molar refractivity (Wildman–Crippen MR) is 92.0 cm³/mol. The molecule has 0 saturated heterocycles. The third kappa shape index (κ3) is 3.96. The minimum atomic E-state index is -0.374. The number of aromatic nitrogens is 2. The average Bonchev–Trinajstić information content (AvgIpc) is 3.04. The van der Waals surface area contributed by atoms with Crippen LogP contribution < -0.4 is 0 Å². The van der Waals surface area contributed by atoms with Crippen molar-refractivity contribution in [1.82, 2.24) is 9.78 Å². The Morgan fingerprint density at radius 2 is 2.26 bits per heavy atom. The second-order valence-electron chi connectivity index (χ2n) is 4.55. The van der Waals surface area contributed by atoms with E-state index in [4.69, 9.17) is 16.3 Å². The van der Waals surface area contributed by atoms with Crippen LogP contribution in [0.1, 0.15) is 23.0 Å². The van der Waals surface area contributed by atoms with E-state index in [-0.39, 0.29) is 11.1 Å². The van der Waals surface area contributed by atoms with Gasteiger partial charge < -0.3 is 4.74 Å². The largest absolute Gasteiger partial charge is 0.462 e. The molecule has 0 fully saturated rings. The molecule has 23 heavy (non-hydrogen) atoms. The summed E-state index contributed by atoms with van der Waals surface area (Å²) in [6, 6.07) is 8.80. The van der Waals surface area contributed by atoms with E-state index in [0.29, 0.717) is 23.4 Å². The van der Waals surface area contributed by atoms with E-state index in [1.165, 1.54) is 0 Å². The third-order valence-corrected chi connectivity index (χ3v) is 3.25. The van der Waals surface area contributed by atoms with Gasteiger partial charge in [-0.25, -0.2) is 9.48 Å². The van der Waals surface area contributed by atoms with Crippen LogP contribution in [0.15, 0.2) is 59.3 Å². The van der Waals surface area contributed by atoms with Crippen LogP contribution in [0.3, 0.4) is 0 Å². The van der Waals surface area contributed by atoms with Crippen molar-refractivity contribution < 1.29 is 9.53 Å². The molecular weight excluding hydrogens is 314 g/mol. The SMILES string of the molecule is C=N/C(Cl)=C\C(=C)c1ccnn1-c1cccc(C(=O)OCC)c1. The molecule has 0 atom stereocenters. The molecule has 0 saturated carbocycles. The Bertz CT molecular complexity index is 778. The van der Waals surface area contributed by atoms with Crippen LogP contribution in [0, 0.1) is 0 Å². The lowest BCUT2D eigenvalue weighted by Crippen LogP contribution is -2.07. The molecule has 0 aliphatic rings. The maximum Gasteiger partial charge on any atom is 0.338 e. The van der Waals surface area contributed by atoms with Crippen molar-refractivity contribution in [3.05, 3.63) is 65.6 Å². The first-order valence-electron chi connectivity index (χ1n) is 6.91. The van der Waals surface area contributed by atoms with E-state index in [1.807, 2.05) is 6.07 Å². The molecule has 6 heteroatoms. The van der Waals surface area contributed by atoms with Gasteiger partial charge in [0, 0.05) is 0 Å². The fourth-order valence-corrected chi connectivity index (χ4v) is 2.13. The number of esters is 1. The Balaban J connectivity index is 2.39. The fourth-order valence-electron chi connectivity index (χ4n) is 1.99. The maximum absolute atomic E-state index is 11.9. The second kappa shape index (κ2) is 7.56. The molecule has 0 N–H and O–H groups in total. The minimum Gasteiger partial charge on any atom is -0.462 e. The number of hydrogen-bond donors (Lipinski definition) is 0. The number of allylic oxidation sites excluding steroid dienone is 2. The number of carbonyl (C=O) groups is 1. The van der Waals surface area contributed by atoms with Crippen molar-refractivity contribution in [2.24, 2.45) is 4.99 Å². The number of hydrogen-bond acceptors (Lipinski definition) is 4. The number of benzene rings is 1. The molecule has 2 rings (SSSR count). The number of ether oxygens (including phenoxy) is 1. The van der Waals surface area contributed by atoms with Crippen LogP contribution in [-0.2, 0) is 4.74 Å². The van der Waals surface area contributed by atoms with Crippen molar-refractivity contribution in [2.75, 3.05) is 6.61 Å². The number of aliphatic imine (C=N–C) groups is 1. The summed E-state index contributed by atoms with van der Waals surface area (Å²) in [5.41, 5.74) is 2.53. The Kier molecular flexibility index (Phi) is 5.49. The molecule has 0 bridgehead atoms. The number of nitrogens with zero attached hydrogens (tertiary/aromatic N) is 3. The molecular formula is C17H16ClN3O2. The minimum absolute atomic E-state index is 0.239. The first-order chi connectivity index (χ1) is 11.1. The molecule has 1 aromatic carbocycles. The molecule has 0 spiro atoms. The van der Waals surface area contributed by atoms with Crippen molar-refractivity contribution in [1.29, 1.82) is 0 Å². The Morgan fingerprint density at radius 3 is 2.96 bits per heavy atom. The highest BCUT2D eigenvalue weighted by Gasteiger charge is 2.11. The van der Waals surface area contributed by atoms with Gasteiger partial charge in [0.15, 0.2) is 0 Å². The summed E-state index contributed by atoms with van der Waals surface area (Å²) in [5, 5.41) is 4.51. The van der Waals surface area contributed by atoms with Crippen LogP contribution in [-0.4, -0.2) is 29.1 Å². The average molecular weight is 330 g/mol. The van der Waals surface area contributed by atoms with Gasteiger partial charge in [0.05, 0.1) is 29.7 Å². The number of carbonyl (C=O) groups excluding carboxylic acids is 1. The van der Waals surface area contributed by atoms with Gasteiger partial charge in [-0.2, -0.15) is 5.10 Å². The van der Waals surface area contributed by atoms with E-state index in [9.17, 15) is 4.79 Å². The molecule has 0 amide bonds. The van der Waals surface area contributed by atoms with Crippen LogP contribution in [0.5, 0.6) is 0 Å². The molecule has 1 heterocycles. The molecule has 2 aromatic rings. The summed E-state index contributed by atoms with van der Waals surface area (Å²) in [6.07, 6.45) is 3.23. The number of halogens is 1. The zero-order valence-corrected chi connectivity index (χ0v) is 13.5. The van der Waals surface area contributed by atoms with Crippen LogP contribution in [0.25, 0.3) is 11.3 Å². The van der Waals surface area contributed by atoms with Crippen molar-refractivity contribution in [3.63, 3.8) is 0 Å². The molecule has 0 radical (unpaired) electrons. The predicted octanol–water partition coefficient (Wildman–Crippen LogP) is 3.84. The summed E-state index contributed by atoms with van der Waals surface area (Å²) >= 11 is 5.86. The highest BCUT2D eigenvalue weighted by Crippen LogP contribution is 2.21. The first kappa shape index (κ1) is 16.7. The van der Waals surface area contributed by atoms with Gasteiger partial charge in [0.1, 0.15) is 5.16 Å². The molecule has 0 aliphatic carbocycles. The summed E-state index contributed by atoms with van der Waals surface area (Å²) in [6.45, 7) is 9.41. The van der Waals surface area contributed by atoms with Gasteiger partial charge in [-0.15, -0.1) is 0 Å². The van der Waals surface area contributed by atoms with Crippen molar-refractivity contribution >= 4 is 29.9 Å². The van der Waals surface area contributed by atoms with Gasteiger partial charge in [-0.05, 0) is 49.6 Å². The van der Waals surface area contributed by atoms with E-state index in [1.54, 1.807) is 48.1 Å². The van der Waals surface area contributed by atoms with Gasteiger partial charge in [-0.3, -0.25) is 4.99 Å². The van der Waals surface area contributed by atoms with Crippen LogP contribution >= 0.6 is 11.6 Å². The summed E-state index contributed by atoms with van der Waals surface area (Å²) < 4.78 is 6.67. The highest BCUT2D eigenvalue weighted by molar-refractivity contribution is 6.30. The lowest BCUT2D eigenvalue weighted by atomic mass is 10.1. The topological polar surface area (TPSA) is 56.5 Å².